The molecular formula is C15H24N2O2S. The van der Waals surface area contributed by atoms with Gasteiger partial charge in [0.1, 0.15) is 0 Å². The van der Waals surface area contributed by atoms with Gasteiger partial charge in [-0.1, -0.05) is 11.6 Å². The normalized spacial score (nSPS) is 22.9. The van der Waals surface area contributed by atoms with Crippen LogP contribution in [0.25, 0.3) is 0 Å². The van der Waals surface area contributed by atoms with E-state index in [0.29, 0.717) is 0 Å². The van der Waals surface area contributed by atoms with Crippen molar-refractivity contribution in [3.05, 3.63) is 22.7 Å². The van der Waals surface area contributed by atoms with Crippen LogP contribution in [0.15, 0.2) is 17.0 Å². The SMILES string of the molecule is CC(C)=CC[C@]1(CO)CCCN(c2nc(CO)cs2)C1. The smallest absolute Gasteiger partial charge is 0.185 e. The number of allylic oxidation sites excluding steroid dienone is 2. The molecule has 2 rings (SSSR count). The molecule has 20 heavy (non-hydrogen) atoms. The summed E-state index contributed by atoms with van der Waals surface area (Å²) in [6.45, 7) is 6.22. The van der Waals surface area contributed by atoms with Gasteiger partial charge in [-0.25, -0.2) is 4.98 Å². The number of hydrogen-bond acceptors (Lipinski definition) is 5. The van der Waals surface area contributed by atoms with Crippen molar-refractivity contribution in [3.8, 4) is 0 Å². The molecule has 0 aromatic carbocycles. The predicted molar refractivity (Wildman–Crippen MR) is 83.1 cm³/mol. The van der Waals surface area contributed by atoms with Gasteiger partial charge in [0.2, 0.25) is 0 Å². The summed E-state index contributed by atoms with van der Waals surface area (Å²) in [6.07, 6.45) is 5.27. The summed E-state index contributed by atoms with van der Waals surface area (Å²) in [7, 11) is 0. The van der Waals surface area contributed by atoms with Crippen LogP contribution in [0.1, 0.15) is 38.8 Å². The molecule has 1 aliphatic heterocycles. The van der Waals surface area contributed by atoms with Crippen molar-refractivity contribution in [1.29, 1.82) is 0 Å². The largest absolute Gasteiger partial charge is 0.396 e. The van der Waals surface area contributed by atoms with Crippen LogP contribution >= 0.6 is 11.3 Å². The van der Waals surface area contributed by atoms with Crippen LogP contribution in [-0.2, 0) is 6.61 Å². The first-order chi connectivity index (χ1) is 9.58. The lowest BCUT2D eigenvalue weighted by molar-refractivity contribution is 0.108. The molecule has 1 atom stereocenters. The molecule has 5 heteroatoms. The minimum Gasteiger partial charge on any atom is -0.396 e. The van der Waals surface area contributed by atoms with Crippen LogP contribution in [-0.4, -0.2) is 34.9 Å². The maximum absolute atomic E-state index is 9.86. The van der Waals surface area contributed by atoms with Crippen molar-refractivity contribution in [2.75, 3.05) is 24.6 Å². The number of nitrogens with zero attached hydrogens (tertiary/aromatic N) is 2. The lowest BCUT2D eigenvalue weighted by Crippen LogP contribution is -2.45. The summed E-state index contributed by atoms with van der Waals surface area (Å²) in [5, 5.41) is 21.8. The van der Waals surface area contributed by atoms with Gasteiger partial charge in [-0.15, -0.1) is 11.3 Å². The Kier molecular flexibility index (Phi) is 5.18. The second kappa shape index (κ2) is 6.70. The van der Waals surface area contributed by atoms with E-state index in [1.54, 1.807) is 11.3 Å². The molecular weight excluding hydrogens is 272 g/mol. The summed E-state index contributed by atoms with van der Waals surface area (Å²) in [5.41, 5.74) is 1.97. The average molecular weight is 296 g/mol. The summed E-state index contributed by atoms with van der Waals surface area (Å²) < 4.78 is 0. The lowest BCUT2D eigenvalue weighted by atomic mass is 9.77. The number of aromatic nitrogens is 1. The fourth-order valence-corrected chi connectivity index (χ4v) is 3.51. The van der Waals surface area contributed by atoms with E-state index in [1.165, 1.54) is 5.57 Å². The van der Waals surface area contributed by atoms with E-state index in [2.05, 4.69) is 29.8 Å². The van der Waals surface area contributed by atoms with Crippen LogP contribution in [0, 0.1) is 5.41 Å². The molecule has 0 unspecified atom stereocenters. The van der Waals surface area contributed by atoms with Gasteiger partial charge in [0.25, 0.3) is 0 Å². The van der Waals surface area contributed by atoms with Crippen molar-refractivity contribution < 1.29 is 10.2 Å². The monoisotopic (exact) mass is 296 g/mol. The molecule has 2 heterocycles. The van der Waals surface area contributed by atoms with Crippen LogP contribution in [0.5, 0.6) is 0 Å². The zero-order valence-electron chi connectivity index (χ0n) is 12.3. The Balaban J connectivity index is 2.11. The highest BCUT2D eigenvalue weighted by molar-refractivity contribution is 7.13. The van der Waals surface area contributed by atoms with Crippen molar-refractivity contribution in [2.45, 2.75) is 39.7 Å². The Morgan fingerprint density at radius 1 is 1.50 bits per heavy atom. The Morgan fingerprint density at radius 2 is 2.30 bits per heavy atom. The number of thiazole rings is 1. The zero-order chi connectivity index (χ0) is 14.6. The molecule has 0 aliphatic carbocycles. The van der Waals surface area contributed by atoms with Crippen LogP contribution in [0.4, 0.5) is 5.13 Å². The van der Waals surface area contributed by atoms with Gasteiger partial charge < -0.3 is 15.1 Å². The quantitative estimate of drug-likeness (QED) is 0.820. The maximum atomic E-state index is 9.86. The molecule has 0 bridgehead atoms. The molecule has 0 saturated carbocycles. The molecule has 0 amide bonds. The van der Waals surface area contributed by atoms with Crippen molar-refractivity contribution in [2.24, 2.45) is 5.41 Å². The Bertz CT molecular complexity index is 468. The van der Waals surface area contributed by atoms with Crippen molar-refractivity contribution in [3.63, 3.8) is 0 Å². The van der Waals surface area contributed by atoms with Gasteiger partial charge in [-0.3, -0.25) is 0 Å². The van der Waals surface area contributed by atoms with Gasteiger partial charge >= 0.3 is 0 Å². The highest BCUT2D eigenvalue weighted by Crippen LogP contribution is 2.36. The van der Waals surface area contributed by atoms with E-state index in [1.807, 2.05) is 5.38 Å². The number of anilines is 1. The van der Waals surface area contributed by atoms with E-state index in [0.717, 1.165) is 43.2 Å². The fraction of sp³-hybridized carbons (Fsp3) is 0.667. The fourth-order valence-electron chi connectivity index (χ4n) is 2.67. The highest BCUT2D eigenvalue weighted by atomic mass is 32.1. The third kappa shape index (κ3) is 3.59. The highest BCUT2D eigenvalue weighted by Gasteiger charge is 2.35. The van der Waals surface area contributed by atoms with Gasteiger partial charge in [0.05, 0.1) is 18.9 Å². The zero-order valence-corrected chi connectivity index (χ0v) is 13.1. The molecule has 4 nitrogen and oxygen atoms in total. The van der Waals surface area contributed by atoms with Gasteiger partial charge in [0.15, 0.2) is 5.13 Å². The Hall–Kier alpha value is -0.910. The molecule has 1 fully saturated rings. The Labute approximate surface area is 124 Å². The summed E-state index contributed by atoms with van der Waals surface area (Å²) in [5.74, 6) is 0. The van der Waals surface area contributed by atoms with Gasteiger partial charge in [-0.05, 0) is 33.1 Å². The molecule has 0 spiro atoms. The Morgan fingerprint density at radius 3 is 2.90 bits per heavy atom. The molecule has 112 valence electrons. The van der Waals surface area contributed by atoms with E-state index < -0.39 is 0 Å². The topological polar surface area (TPSA) is 56.6 Å². The van der Waals surface area contributed by atoms with E-state index >= 15 is 0 Å². The van der Waals surface area contributed by atoms with Crippen LogP contribution in [0.3, 0.4) is 0 Å². The lowest BCUT2D eigenvalue weighted by Gasteiger charge is -2.41. The first-order valence-corrected chi connectivity index (χ1v) is 8.01. The molecule has 1 saturated heterocycles. The van der Waals surface area contributed by atoms with E-state index in [-0.39, 0.29) is 18.6 Å². The number of aliphatic hydroxyl groups excluding tert-OH is 2. The summed E-state index contributed by atoms with van der Waals surface area (Å²) in [6, 6.07) is 0. The predicted octanol–water partition coefficient (Wildman–Crippen LogP) is 2.57. The first-order valence-electron chi connectivity index (χ1n) is 7.13. The third-order valence-corrected chi connectivity index (χ3v) is 4.86. The van der Waals surface area contributed by atoms with Crippen LogP contribution in [0.2, 0.25) is 0 Å². The molecule has 1 aliphatic rings. The number of piperidine rings is 1. The number of aliphatic hydroxyl groups is 2. The number of rotatable bonds is 5. The maximum Gasteiger partial charge on any atom is 0.185 e. The molecule has 2 N–H and O–H groups in total. The number of hydrogen-bond donors (Lipinski definition) is 2. The second-order valence-electron chi connectivity index (χ2n) is 5.95. The van der Waals surface area contributed by atoms with Gasteiger partial charge in [0, 0.05) is 23.9 Å². The van der Waals surface area contributed by atoms with Gasteiger partial charge in [-0.2, -0.15) is 0 Å². The molecule has 0 radical (unpaired) electrons. The average Bonchev–Trinajstić information content (AvgIpc) is 2.94. The first kappa shape index (κ1) is 15.5. The minimum absolute atomic E-state index is 0.00670. The summed E-state index contributed by atoms with van der Waals surface area (Å²) in [4.78, 5) is 6.70. The second-order valence-corrected chi connectivity index (χ2v) is 6.78. The van der Waals surface area contributed by atoms with Crippen molar-refractivity contribution >= 4 is 16.5 Å². The summed E-state index contributed by atoms with van der Waals surface area (Å²) >= 11 is 1.57. The molecule has 1 aromatic rings. The minimum atomic E-state index is -0.0550. The van der Waals surface area contributed by atoms with E-state index in [9.17, 15) is 5.11 Å². The third-order valence-electron chi connectivity index (χ3n) is 3.91. The standard InChI is InChI=1S/C15H24N2O2S/c1-12(2)4-6-15(11-19)5-3-7-17(10-15)14-16-13(8-18)9-20-14/h4,9,18-19H,3,5-8,10-11H2,1-2H3/t15-/m1/s1. The van der Waals surface area contributed by atoms with E-state index in [4.69, 9.17) is 5.11 Å². The molecule has 1 aromatic heterocycles. The van der Waals surface area contributed by atoms with Crippen molar-refractivity contribution in [1.82, 2.24) is 4.98 Å². The van der Waals surface area contributed by atoms with Crippen LogP contribution < -0.4 is 4.90 Å².